The van der Waals surface area contributed by atoms with Crippen molar-refractivity contribution in [1.82, 2.24) is 0 Å². The fourth-order valence-corrected chi connectivity index (χ4v) is 10.6. The molecular formula is C49H35ClN2O6. The Morgan fingerprint density at radius 3 is 2.09 bits per heavy atom. The SMILES string of the molecule is O=C(c1ccccc1)c1ccc(N2C(=O)[C@H]3[C@H](CC=C4[C@H]3C[C@H]3C(=O)N(c5cccc(Cl)c5)C(=O)[C@@]3(c3ccccc3)[C@H]4c3ccc4ccccc4c3O)C2=O)cc1. The molecule has 0 bridgehead atoms. The number of carbonyl (C=O) groups excluding carboxylic acids is 5. The van der Waals surface area contributed by atoms with Gasteiger partial charge < -0.3 is 5.11 Å². The molecule has 4 amide bonds. The number of allylic oxidation sites excluding steroid dienone is 2. The van der Waals surface area contributed by atoms with E-state index in [4.69, 9.17) is 11.6 Å². The van der Waals surface area contributed by atoms with Crippen molar-refractivity contribution in [2.75, 3.05) is 9.80 Å². The standard InChI is InChI=1S/C49H35ClN2O6/c50-32-15-9-16-34(26-32)52-46(56)40-27-39-36(42(49(40,48(52)58)31-13-5-2-6-14-31)38-23-20-28-10-7-8-17-35(28)44(38)54)24-25-37-41(39)47(57)51(45(37)55)33-21-18-30(19-22-33)43(53)29-11-3-1-4-12-29/h1-24,26,37,39-42,54H,25,27H2/t37-,39+,40-,41-,42+,49+/m0/s1. The summed E-state index contributed by atoms with van der Waals surface area (Å²) >= 11 is 6.45. The van der Waals surface area contributed by atoms with E-state index < -0.39 is 52.7 Å². The monoisotopic (exact) mass is 782 g/mol. The molecule has 6 aromatic carbocycles. The third-order valence-electron chi connectivity index (χ3n) is 12.8. The molecule has 8 nitrogen and oxygen atoms in total. The number of imide groups is 2. The Morgan fingerprint density at radius 2 is 1.34 bits per heavy atom. The molecule has 0 aromatic heterocycles. The number of aromatic hydroxyl groups is 1. The number of phenols is 1. The average molecular weight is 783 g/mol. The summed E-state index contributed by atoms with van der Waals surface area (Å²) < 4.78 is 0. The number of ketones is 1. The molecule has 2 aliphatic carbocycles. The molecule has 10 rings (SSSR count). The first-order valence-electron chi connectivity index (χ1n) is 19.4. The summed E-state index contributed by atoms with van der Waals surface area (Å²) in [5.74, 6) is -5.84. The third kappa shape index (κ3) is 5.11. The van der Waals surface area contributed by atoms with Gasteiger partial charge in [-0.1, -0.05) is 126 Å². The quantitative estimate of drug-likeness (QED) is 0.103. The van der Waals surface area contributed by atoms with Crippen LogP contribution in [0.3, 0.4) is 0 Å². The molecule has 0 radical (unpaired) electrons. The number of carbonyl (C=O) groups is 5. The van der Waals surface area contributed by atoms with Gasteiger partial charge in [0.05, 0.1) is 34.5 Å². The first-order chi connectivity index (χ1) is 28.2. The second-order valence-corrected chi connectivity index (χ2v) is 16.0. The van der Waals surface area contributed by atoms with E-state index in [-0.39, 0.29) is 30.3 Å². The van der Waals surface area contributed by atoms with E-state index in [0.29, 0.717) is 44.0 Å². The highest BCUT2D eigenvalue weighted by molar-refractivity contribution is 6.32. The zero-order valence-corrected chi connectivity index (χ0v) is 31.8. The minimum absolute atomic E-state index is 0.0112. The predicted octanol–water partition coefficient (Wildman–Crippen LogP) is 8.80. The van der Waals surface area contributed by atoms with Crippen molar-refractivity contribution in [1.29, 1.82) is 0 Å². The molecule has 2 saturated heterocycles. The zero-order valence-electron chi connectivity index (χ0n) is 31.0. The molecule has 0 spiro atoms. The van der Waals surface area contributed by atoms with Crippen molar-refractivity contribution < 1.29 is 29.1 Å². The molecule has 9 heteroatoms. The number of hydrogen-bond acceptors (Lipinski definition) is 6. The predicted molar refractivity (Wildman–Crippen MR) is 221 cm³/mol. The van der Waals surface area contributed by atoms with Crippen LogP contribution in [-0.4, -0.2) is 34.5 Å². The highest BCUT2D eigenvalue weighted by Crippen LogP contribution is 2.65. The minimum Gasteiger partial charge on any atom is -0.507 e. The second-order valence-electron chi connectivity index (χ2n) is 15.6. The van der Waals surface area contributed by atoms with Crippen LogP contribution in [-0.2, 0) is 24.6 Å². The van der Waals surface area contributed by atoms with Crippen LogP contribution in [0.4, 0.5) is 11.4 Å². The van der Waals surface area contributed by atoms with Crippen molar-refractivity contribution in [3.63, 3.8) is 0 Å². The Labute approximate surface area is 339 Å². The Bertz CT molecular complexity index is 2750. The van der Waals surface area contributed by atoms with E-state index in [1.165, 1.54) is 9.80 Å². The third-order valence-corrected chi connectivity index (χ3v) is 13.1. The fourth-order valence-electron chi connectivity index (χ4n) is 10.4. The molecule has 284 valence electrons. The highest BCUT2D eigenvalue weighted by atomic mass is 35.5. The fraction of sp³-hybridized carbons (Fsp3) is 0.163. The molecule has 6 atom stereocenters. The number of phenolic OH excluding ortho intramolecular Hbond substituents is 1. The number of nitrogens with zero attached hydrogens (tertiary/aromatic N) is 2. The van der Waals surface area contributed by atoms with Crippen LogP contribution in [0.5, 0.6) is 5.75 Å². The van der Waals surface area contributed by atoms with Gasteiger partial charge in [0.25, 0.3) is 0 Å². The Hall–Kier alpha value is -6.64. The number of rotatable bonds is 6. The van der Waals surface area contributed by atoms with Gasteiger partial charge in [0.1, 0.15) is 5.75 Å². The van der Waals surface area contributed by atoms with Gasteiger partial charge in [-0.15, -0.1) is 0 Å². The lowest BCUT2D eigenvalue weighted by molar-refractivity contribution is -0.127. The lowest BCUT2D eigenvalue weighted by Gasteiger charge is -2.50. The summed E-state index contributed by atoms with van der Waals surface area (Å²) in [6, 6.07) is 42.4. The van der Waals surface area contributed by atoms with Crippen molar-refractivity contribution in [2.45, 2.75) is 24.2 Å². The van der Waals surface area contributed by atoms with Gasteiger partial charge in [-0.05, 0) is 72.2 Å². The molecule has 2 aliphatic heterocycles. The van der Waals surface area contributed by atoms with Crippen molar-refractivity contribution in [2.24, 2.45) is 23.7 Å². The highest BCUT2D eigenvalue weighted by Gasteiger charge is 2.70. The Morgan fingerprint density at radius 1 is 0.655 bits per heavy atom. The maximum atomic E-state index is 15.6. The second kappa shape index (κ2) is 13.5. The molecule has 4 aliphatic rings. The molecule has 1 N–H and O–H groups in total. The number of hydrogen-bond donors (Lipinski definition) is 1. The summed E-state index contributed by atoms with van der Waals surface area (Å²) in [5, 5.41) is 14.0. The van der Waals surface area contributed by atoms with Crippen molar-refractivity contribution in [3.05, 3.63) is 185 Å². The number of amides is 4. The number of benzene rings is 6. The van der Waals surface area contributed by atoms with E-state index >= 15 is 9.59 Å². The van der Waals surface area contributed by atoms with Crippen molar-refractivity contribution in [3.8, 4) is 5.75 Å². The summed E-state index contributed by atoms with van der Waals surface area (Å²) in [6.45, 7) is 0. The van der Waals surface area contributed by atoms with Crippen LogP contribution in [0.2, 0.25) is 5.02 Å². The molecular weight excluding hydrogens is 748 g/mol. The smallest absolute Gasteiger partial charge is 0.246 e. The molecule has 2 heterocycles. The van der Waals surface area contributed by atoms with Crippen LogP contribution in [0.15, 0.2) is 157 Å². The molecule has 58 heavy (non-hydrogen) atoms. The van der Waals surface area contributed by atoms with Gasteiger partial charge in [-0.25, -0.2) is 4.90 Å². The van der Waals surface area contributed by atoms with E-state index in [2.05, 4.69) is 0 Å². The molecule has 1 saturated carbocycles. The molecule has 3 fully saturated rings. The Balaban J connectivity index is 1.13. The van der Waals surface area contributed by atoms with Gasteiger partial charge in [0.15, 0.2) is 5.78 Å². The average Bonchev–Trinajstić information content (AvgIpc) is 3.65. The van der Waals surface area contributed by atoms with Crippen LogP contribution >= 0.6 is 11.6 Å². The van der Waals surface area contributed by atoms with Crippen LogP contribution in [0, 0.1) is 23.7 Å². The summed E-state index contributed by atoms with van der Waals surface area (Å²) in [6.07, 6.45) is 2.32. The zero-order chi connectivity index (χ0) is 39.9. The van der Waals surface area contributed by atoms with Crippen LogP contribution in [0.25, 0.3) is 10.8 Å². The Kier molecular flexibility index (Phi) is 8.32. The minimum atomic E-state index is -1.53. The lowest BCUT2D eigenvalue weighted by Crippen LogP contribution is -2.53. The summed E-state index contributed by atoms with van der Waals surface area (Å²) in [4.78, 5) is 75.4. The van der Waals surface area contributed by atoms with E-state index in [1.54, 1.807) is 72.8 Å². The van der Waals surface area contributed by atoms with E-state index in [1.807, 2.05) is 78.9 Å². The van der Waals surface area contributed by atoms with Crippen LogP contribution < -0.4 is 9.80 Å². The van der Waals surface area contributed by atoms with Gasteiger partial charge in [0.2, 0.25) is 23.6 Å². The summed E-state index contributed by atoms with van der Waals surface area (Å²) in [7, 11) is 0. The van der Waals surface area contributed by atoms with E-state index in [9.17, 15) is 19.5 Å². The summed E-state index contributed by atoms with van der Waals surface area (Å²) in [5.41, 5.74) is 1.93. The first kappa shape index (κ1) is 35.8. The maximum absolute atomic E-state index is 15.6. The van der Waals surface area contributed by atoms with E-state index in [0.717, 1.165) is 11.0 Å². The van der Waals surface area contributed by atoms with Crippen LogP contribution in [0.1, 0.15) is 45.8 Å². The normalized spacial score (nSPS) is 25.1. The first-order valence-corrected chi connectivity index (χ1v) is 19.8. The largest absolute Gasteiger partial charge is 0.507 e. The van der Waals surface area contributed by atoms with Gasteiger partial charge in [0, 0.05) is 33.0 Å². The topological polar surface area (TPSA) is 112 Å². The lowest BCUT2D eigenvalue weighted by atomic mass is 9.49. The van der Waals surface area contributed by atoms with Gasteiger partial charge in [-0.3, -0.25) is 28.9 Å². The van der Waals surface area contributed by atoms with Gasteiger partial charge >= 0.3 is 0 Å². The van der Waals surface area contributed by atoms with Gasteiger partial charge in [-0.2, -0.15) is 0 Å². The van der Waals surface area contributed by atoms with Crippen molar-refractivity contribution >= 4 is 63.2 Å². The number of anilines is 2. The molecule has 6 aromatic rings. The molecule has 0 unspecified atom stereocenters. The number of halogens is 1. The number of fused-ring (bicyclic) bond motifs is 5. The maximum Gasteiger partial charge on any atom is 0.246 e.